The Morgan fingerprint density at radius 3 is 2.45 bits per heavy atom. The summed E-state index contributed by atoms with van der Waals surface area (Å²) in [7, 11) is 0. The van der Waals surface area contributed by atoms with E-state index < -0.39 is 0 Å². The Morgan fingerprint density at radius 2 is 1.82 bits per heavy atom. The highest BCUT2D eigenvalue weighted by Crippen LogP contribution is 2.41. The summed E-state index contributed by atoms with van der Waals surface area (Å²) in [6.45, 7) is 1.90. The number of rotatable bonds is 3. The first-order valence-electron chi connectivity index (χ1n) is 7.50. The maximum atomic E-state index is 12.4. The van der Waals surface area contributed by atoms with E-state index in [9.17, 15) is 4.79 Å². The van der Waals surface area contributed by atoms with Gasteiger partial charge in [-0.15, -0.1) is 0 Å². The second-order valence-corrected chi connectivity index (χ2v) is 6.20. The minimum atomic E-state index is -0.238. The van der Waals surface area contributed by atoms with Crippen LogP contribution in [0.1, 0.15) is 30.4 Å². The zero-order valence-corrected chi connectivity index (χ0v) is 13.3. The van der Waals surface area contributed by atoms with Gasteiger partial charge in [-0.2, -0.15) is 0 Å². The van der Waals surface area contributed by atoms with Crippen molar-refractivity contribution in [2.75, 3.05) is 5.32 Å². The molecule has 1 saturated carbocycles. The number of anilines is 1. The van der Waals surface area contributed by atoms with Gasteiger partial charge in [0.05, 0.1) is 5.54 Å². The van der Waals surface area contributed by atoms with Crippen LogP contribution in [-0.2, 0) is 5.54 Å². The minimum Gasteiger partial charge on any atom is -0.328 e. The molecule has 3 nitrogen and oxygen atoms in total. The molecule has 0 spiro atoms. The van der Waals surface area contributed by atoms with Crippen LogP contribution in [0.4, 0.5) is 10.5 Å². The predicted molar refractivity (Wildman–Crippen MR) is 90.3 cm³/mol. The number of amides is 2. The van der Waals surface area contributed by atoms with E-state index in [1.165, 1.54) is 5.56 Å². The van der Waals surface area contributed by atoms with Crippen LogP contribution in [0.2, 0.25) is 5.02 Å². The number of urea groups is 1. The summed E-state index contributed by atoms with van der Waals surface area (Å²) < 4.78 is 0. The number of nitrogens with one attached hydrogen (secondary N) is 2. The number of halogens is 1. The van der Waals surface area contributed by atoms with Crippen molar-refractivity contribution in [3.63, 3.8) is 0 Å². The fourth-order valence-corrected chi connectivity index (χ4v) is 3.06. The molecule has 4 heteroatoms. The van der Waals surface area contributed by atoms with Crippen molar-refractivity contribution < 1.29 is 4.79 Å². The Balaban J connectivity index is 1.75. The Hall–Kier alpha value is -2.00. The van der Waals surface area contributed by atoms with E-state index in [0.717, 1.165) is 30.5 Å². The molecule has 0 radical (unpaired) electrons. The number of hydrogen-bond acceptors (Lipinski definition) is 1. The zero-order chi connectivity index (χ0) is 15.6. The lowest BCUT2D eigenvalue weighted by Crippen LogP contribution is -2.52. The average Bonchev–Trinajstić information content (AvgIpc) is 2.49. The molecule has 3 rings (SSSR count). The summed E-state index contributed by atoms with van der Waals surface area (Å²) in [6, 6.07) is 15.5. The maximum absolute atomic E-state index is 12.4. The lowest BCUT2D eigenvalue weighted by atomic mass is 9.72. The molecule has 1 aliphatic carbocycles. The molecule has 0 bridgehead atoms. The smallest absolute Gasteiger partial charge is 0.319 e. The molecular weight excluding hydrogens is 296 g/mol. The van der Waals surface area contributed by atoms with E-state index in [1.807, 2.05) is 43.3 Å². The molecule has 22 heavy (non-hydrogen) atoms. The van der Waals surface area contributed by atoms with Gasteiger partial charge >= 0.3 is 6.03 Å². The molecule has 0 aliphatic heterocycles. The normalized spacial score (nSPS) is 15.7. The van der Waals surface area contributed by atoms with E-state index in [2.05, 4.69) is 22.8 Å². The van der Waals surface area contributed by atoms with Crippen molar-refractivity contribution in [3.05, 3.63) is 64.7 Å². The van der Waals surface area contributed by atoms with Gasteiger partial charge < -0.3 is 10.6 Å². The summed E-state index contributed by atoms with van der Waals surface area (Å²) in [6.07, 6.45) is 3.07. The maximum Gasteiger partial charge on any atom is 0.319 e. The topological polar surface area (TPSA) is 41.1 Å². The molecule has 0 saturated heterocycles. The second-order valence-electron chi connectivity index (χ2n) is 5.79. The predicted octanol–water partition coefficient (Wildman–Crippen LogP) is 4.85. The fraction of sp³-hybridized carbons (Fsp3) is 0.278. The Bertz CT molecular complexity index is 681. The Morgan fingerprint density at radius 1 is 1.09 bits per heavy atom. The lowest BCUT2D eigenvalue weighted by molar-refractivity contribution is 0.185. The van der Waals surface area contributed by atoms with E-state index in [4.69, 9.17) is 11.6 Å². The van der Waals surface area contributed by atoms with Crippen molar-refractivity contribution in [2.45, 2.75) is 31.7 Å². The van der Waals surface area contributed by atoms with Crippen LogP contribution in [0.5, 0.6) is 0 Å². The molecule has 0 heterocycles. The minimum absolute atomic E-state index is 0.186. The quantitative estimate of drug-likeness (QED) is 0.835. The summed E-state index contributed by atoms with van der Waals surface area (Å²) in [5, 5.41) is 6.71. The Labute approximate surface area is 135 Å². The summed E-state index contributed by atoms with van der Waals surface area (Å²) in [5.74, 6) is 0. The van der Waals surface area contributed by atoms with Crippen LogP contribution in [-0.4, -0.2) is 6.03 Å². The van der Waals surface area contributed by atoms with Crippen LogP contribution >= 0.6 is 11.6 Å². The van der Waals surface area contributed by atoms with Crippen LogP contribution < -0.4 is 10.6 Å². The van der Waals surface area contributed by atoms with E-state index in [-0.39, 0.29) is 11.6 Å². The monoisotopic (exact) mass is 314 g/mol. The van der Waals surface area contributed by atoms with Gasteiger partial charge in [-0.25, -0.2) is 4.79 Å². The molecule has 0 atom stereocenters. The van der Waals surface area contributed by atoms with Crippen LogP contribution in [0.25, 0.3) is 0 Å². The van der Waals surface area contributed by atoms with Gasteiger partial charge in [-0.05, 0) is 49.4 Å². The van der Waals surface area contributed by atoms with Gasteiger partial charge in [-0.3, -0.25) is 0 Å². The standard InChI is InChI=1S/C18H19ClN2O/c1-13-15(19)9-5-10-16(13)20-17(22)21-18(11-6-12-18)14-7-3-2-4-8-14/h2-5,7-10H,6,11-12H2,1H3,(H2,20,21,22). The molecule has 0 aromatic heterocycles. The SMILES string of the molecule is Cc1c(Cl)cccc1NC(=O)NC1(c2ccccc2)CCC1. The molecule has 2 N–H and O–H groups in total. The van der Waals surface area contributed by atoms with E-state index in [0.29, 0.717) is 5.02 Å². The fourth-order valence-electron chi connectivity index (χ4n) is 2.89. The summed E-state index contributed by atoms with van der Waals surface area (Å²) >= 11 is 6.09. The average molecular weight is 315 g/mol. The third-order valence-corrected chi connectivity index (χ3v) is 4.81. The zero-order valence-electron chi connectivity index (χ0n) is 12.5. The Kier molecular flexibility index (Phi) is 4.08. The number of carbonyl (C=O) groups is 1. The highest BCUT2D eigenvalue weighted by molar-refractivity contribution is 6.31. The third-order valence-electron chi connectivity index (χ3n) is 4.40. The molecule has 0 unspecified atom stereocenters. The molecule has 1 fully saturated rings. The van der Waals surface area contributed by atoms with Gasteiger partial charge in [0.15, 0.2) is 0 Å². The van der Waals surface area contributed by atoms with Crippen LogP contribution in [0, 0.1) is 6.92 Å². The van der Waals surface area contributed by atoms with Gasteiger partial charge in [-0.1, -0.05) is 48.0 Å². The number of carbonyl (C=O) groups excluding carboxylic acids is 1. The highest BCUT2D eigenvalue weighted by Gasteiger charge is 2.39. The largest absolute Gasteiger partial charge is 0.328 e. The van der Waals surface area contributed by atoms with Crippen molar-refractivity contribution in [2.24, 2.45) is 0 Å². The summed E-state index contributed by atoms with van der Waals surface area (Å²) in [5.41, 5.74) is 2.55. The number of benzene rings is 2. The summed E-state index contributed by atoms with van der Waals surface area (Å²) in [4.78, 5) is 12.4. The molecule has 2 amide bonds. The first-order valence-corrected chi connectivity index (χ1v) is 7.88. The van der Waals surface area contributed by atoms with Crippen LogP contribution in [0.15, 0.2) is 48.5 Å². The lowest BCUT2D eigenvalue weighted by Gasteiger charge is -2.43. The second kappa shape index (κ2) is 6.01. The first-order chi connectivity index (χ1) is 10.6. The van der Waals surface area contributed by atoms with E-state index >= 15 is 0 Å². The van der Waals surface area contributed by atoms with Gasteiger partial charge in [0.1, 0.15) is 0 Å². The van der Waals surface area contributed by atoms with E-state index in [1.54, 1.807) is 0 Å². The molecular formula is C18H19ClN2O. The molecule has 2 aromatic carbocycles. The number of hydrogen-bond donors (Lipinski definition) is 2. The van der Waals surface area contributed by atoms with Gasteiger partial charge in [0, 0.05) is 10.7 Å². The first kappa shape index (κ1) is 14.9. The van der Waals surface area contributed by atoms with Crippen molar-refractivity contribution in [1.82, 2.24) is 5.32 Å². The van der Waals surface area contributed by atoms with Crippen molar-refractivity contribution >= 4 is 23.3 Å². The van der Waals surface area contributed by atoms with Crippen molar-refractivity contribution in [1.29, 1.82) is 0 Å². The van der Waals surface area contributed by atoms with Crippen LogP contribution in [0.3, 0.4) is 0 Å². The highest BCUT2D eigenvalue weighted by atomic mass is 35.5. The molecule has 2 aromatic rings. The van der Waals surface area contributed by atoms with Crippen molar-refractivity contribution in [3.8, 4) is 0 Å². The third kappa shape index (κ3) is 2.81. The molecule has 114 valence electrons. The van der Waals surface area contributed by atoms with Gasteiger partial charge in [0.2, 0.25) is 0 Å². The van der Waals surface area contributed by atoms with Gasteiger partial charge in [0.25, 0.3) is 0 Å². The molecule has 1 aliphatic rings.